The van der Waals surface area contributed by atoms with Crippen LogP contribution in [0.4, 0.5) is 5.95 Å². The fraction of sp³-hybridized carbons (Fsp3) is 0.667. The SMILES string of the molecule is CC(C)Nc1nc(Cl)c(Br)c(C2CNCCN2C)n1. The number of rotatable bonds is 3. The molecule has 19 heavy (non-hydrogen) atoms. The van der Waals surface area contributed by atoms with E-state index in [1.807, 2.05) is 13.8 Å². The maximum Gasteiger partial charge on any atom is 0.224 e. The highest BCUT2D eigenvalue weighted by atomic mass is 79.9. The van der Waals surface area contributed by atoms with Gasteiger partial charge in [0.2, 0.25) is 5.95 Å². The molecule has 106 valence electrons. The van der Waals surface area contributed by atoms with Gasteiger partial charge in [0.05, 0.1) is 16.2 Å². The minimum Gasteiger partial charge on any atom is -0.352 e. The van der Waals surface area contributed by atoms with E-state index in [0.29, 0.717) is 11.1 Å². The smallest absolute Gasteiger partial charge is 0.224 e. The fourth-order valence-corrected chi connectivity index (χ4v) is 2.71. The molecule has 0 saturated carbocycles. The molecule has 1 fully saturated rings. The van der Waals surface area contributed by atoms with Crippen LogP contribution in [0.2, 0.25) is 5.15 Å². The average molecular weight is 349 g/mol. The van der Waals surface area contributed by atoms with Crippen molar-refractivity contribution in [3.63, 3.8) is 0 Å². The molecule has 2 heterocycles. The summed E-state index contributed by atoms with van der Waals surface area (Å²) in [5.74, 6) is 0.581. The van der Waals surface area contributed by atoms with Gasteiger partial charge in [0, 0.05) is 25.7 Å². The molecule has 0 bridgehead atoms. The van der Waals surface area contributed by atoms with Gasteiger partial charge in [-0.1, -0.05) is 11.6 Å². The first-order chi connectivity index (χ1) is 8.99. The first kappa shape index (κ1) is 15.0. The van der Waals surface area contributed by atoms with Crippen LogP contribution in [-0.4, -0.2) is 47.6 Å². The van der Waals surface area contributed by atoms with Crippen molar-refractivity contribution in [2.24, 2.45) is 0 Å². The zero-order valence-electron chi connectivity index (χ0n) is 11.4. The van der Waals surface area contributed by atoms with Crippen LogP contribution in [0.1, 0.15) is 25.6 Å². The van der Waals surface area contributed by atoms with Gasteiger partial charge in [-0.3, -0.25) is 4.90 Å². The van der Waals surface area contributed by atoms with Crippen molar-refractivity contribution in [1.29, 1.82) is 0 Å². The Balaban J connectivity index is 2.34. The number of hydrogen-bond acceptors (Lipinski definition) is 5. The molecule has 7 heteroatoms. The maximum absolute atomic E-state index is 6.19. The lowest BCUT2D eigenvalue weighted by Crippen LogP contribution is -2.44. The van der Waals surface area contributed by atoms with Crippen LogP contribution in [0.15, 0.2) is 4.47 Å². The Hall–Kier alpha value is -0.430. The van der Waals surface area contributed by atoms with Crippen LogP contribution in [-0.2, 0) is 0 Å². The van der Waals surface area contributed by atoms with Crippen LogP contribution in [0.5, 0.6) is 0 Å². The maximum atomic E-state index is 6.19. The van der Waals surface area contributed by atoms with Crippen molar-refractivity contribution in [1.82, 2.24) is 20.2 Å². The summed E-state index contributed by atoms with van der Waals surface area (Å²) in [5.41, 5.74) is 0.929. The van der Waals surface area contributed by atoms with Crippen molar-refractivity contribution in [2.45, 2.75) is 25.9 Å². The highest BCUT2D eigenvalue weighted by molar-refractivity contribution is 9.10. The number of anilines is 1. The first-order valence-electron chi connectivity index (χ1n) is 6.39. The van der Waals surface area contributed by atoms with Crippen molar-refractivity contribution in [3.8, 4) is 0 Å². The zero-order valence-corrected chi connectivity index (χ0v) is 13.7. The lowest BCUT2D eigenvalue weighted by atomic mass is 10.1. The van der Waals surface area contributed by atoms with E-state index in [2.05, 4.69) is 48.5 Å². The summed E-state index contributed by atoms with van der Waals surface area (Å²) < 4.78 is 0.782. The van der Waals surface area contributed by atoms with E-state index in [1.165, 1.54) is 0 Å². The van der Waals surface area contributed by atoms with E-state index in [4.69, 9.17) is 11.6 Å². The predicted molar refractivity (Wildman–Crippen MR) is 81.7 cm³/mol. The molecular formula is C12H19BrClN5. The number of piperazine rings is 1. The van der Waals surface area contributed by atoms with Gasteiger partial charge in [0.1, 0.15) is 5.15 Å². The Morgan fingerprint density at radius 3 is 2.84 bits per heavy atom. The van der Waals surface area contributed by atoms with Gasteiger partial charge in [0.25, 0.3) is 0 Å². The summed E-state index contributed by atoms with van der Waals surface area (Å²) in [6, 6.07) is 0.476. The molecule has 1 aromatic rings. The Bertz CT molecular complexity index is 454. The first-order valence-corrected chi connectivity index (χ1v) is 7.56. The Morgan fingerprint density at radius 2 is 2.21 bits per heavy atom. The van der Waals surface area contributed by atoms with E-state index in [9.17, 15) is 0 Å². The summed E-state index contributed by atoms with van der Waals surface area (Å²) >= 11 is 9.70. The highest BCUT2D eigenvalue weighted by Crippen LogP contribution is 2.31. The lowest BCUT2D eigenvalue weighted by molar-refractivity contribution is 0.198. The summed E-state index contributed by atoms with van der Waals surface area (Å²) in [6.07, 6.45) is 0. The summed E-state index contributed by atoms with van der Waals surface area (Å²) in [7, 11) is 2.10. The number of aromatic nitrogens is 2. The average Bonchev–Trinajstić information content (AvgIpc) is 2.34. The lowest BCUT2D eigenvalue weighted by Gasteiger charge is -2.33. The molecule has 2 rings (SSSR count). The summed E-state index contributed by atoms with van der Waals surface area (Å²) in [4.78, 5) is 11.1. The second kappa shape index (κ2) is 6.35. The molecule has 1 atom stereocenters. The molecule has 1 aliphatic heterocycles. The Morgan fingerprint density at radius 1 is 1.47 bits per heavy atom. The second-order valence-electron chi connectivity index (χ2n) is 5.04. The molecule has 5 nitrogen and oxygen atoms in total. The summed E-state index contributed by atoms with van der Waals surface area (Å²) in [5, 5.41) is 7.04. The third kappa shape index (κ3) is 3.56. The van der Waals surface area contributed by atoms with Crippen LogP contribution < -0.4 is 10.6 Å². The number of halogens is 2. The highest BCUT2D eigenvalue weighted by Gasteiger charge is 2.26. The molecule has 0 radical (unpaired) electrons. The molecule has 0 spiro atoms. The molecule has 1 aromatic heterocycles. The standard InChI is InChI=1S/C12H19BrClN5/c1-7(2)16-12-17-10(9(13)11(14)18-12)8-6-15-4-5-19(8)3/h7-8,15H,4-6H2,1-3H3,(H,16,17,18). The number of nitrogens with one attached hydrogen (secondary N) is 2. The van der Waals surface area contributed by atoms with E-state index in [1.54, 1.807) is 0 Å². The van der Waals surface area contributed by atoms with Gasteiger partial charge in [0.15, 0.2) is 0 Å². The Labute approximate surface area is 127 Å². The van der Waals surface area contributed by atoms with Crippen molar-refractivity contribution in [2.75, 3.05) is 32.0 Å². The molecular weight excluding hydrogens is 330 g/mol. The van der Waals surface area contributed by atoms with Gasteiger partial charge in [-0.25, -0.2) is 4.98 Å². The van der Waals surface area contributed by atoms with E-state index in [-0.39, 0.29) is 12.1 Å². The van der Waals surface area contributed by atoms with Crippen LogP contribution >= 0.6 is 27.5 Å². The molecule has 2 N–H and O–H groups in total. The molecule has 1 aliphatic rings. The van der Waals surface area contributed by atoms with Crippen molar-refractivity contribution in [3.05, 3.63) is 15.3 Å². The van der Waals surface area contributed by atoms with Gasteiger partial charge in [-0.15, -0.1) is 0 Å². The normalized spacial score (nSPS) is 20.8. The Kier molecular flexibility index (Phi) is 5.00. The van der Waals surface area contributed by atoms with Crippen LogP contribution in [0, 0.1) is 0 Å². The number of nitrogens with zero attached hydrogens (tertiary/aromatic N) is 3. The molecule has 1 unspecified atom stereocenters. The number of hydrogen-bond donors (Lipinski definition) is 2. The van der Waals surface area contributed by atoms with Crippen molar-refractivity contribution < 1.29 is 0 Å². The predicted octanol–water partition coefficient (Wildman–Crippen LogP) is 2.29. The minimum atomic E-state index is 0.205. The van der Waals surface area contributed by atoms with Gasteiger partial charge in [-0.2, -0.15) is 4.98 Å². The largest absolute Gasteiger partial charge is 0.352 e. The molecule has 0 aliphatic carbocycles. The zero-order chi connectivity index (χ0) is 14.0. The topological polar surface area (TPSA) is 53.1 Å². The third-order valence-corrected chi connectivity index (χ3v) is 4.36. The number of likely N-dealkylation sites (N-methyl/N-ethyl adjacent to an activating group) is 1. The van der Waals surface area contributed by atoms with Gasteiger partial charge >= 0.3 is 0 Å². The van der Waals surface area contributed by atoms with E-state index >= 15 is 0 Å². The summed E-state index contributed by atoms with van der Waals surface area (Å²) in [6.45, 7) is 6.95. The van der Waals surface area contributed by atoms with E-state index in [0.717, 1.165) is 29.8 Å². The van der Waals surface area contributed by atoms with Gasteiger partial charge < -0.3 is 10.6 Å². The van der Waals surface area contributed by atoms with E-state index < -0.39 is 0 Å². The van der Waals surface area contributed by atoms with Crippen molar-refractivity contribution >= 4 is 33.5 Å². The molecule has 0 aromatic carbocycles. The second-order valence-corrected chi connectivity index (χ2v) is 6.19. The molecule has 0 amide bonds. The molecule has 1 saturated heterocycles. The fourth-order valence-electron chi connectivity index (χ4n) is 2.09. The monoisotopic (exact) mass is 347 g/mol. The minimum absolute atomic E-state index is 0.205. The quantitative estimate of drug-likeness (QED) is 0.821. The third-order valence-electron chi connectivity index (χ3n) is 3.08. The van der Waals surface area contributed by atoms with Crippen LogP contribution in [0.25, 0.3) is 0 Å². The van der Waals surface area contributed by atoms with Gasteiger partial charge in [-0.05, 0) is 36.8 Å². The van der Waals surface area contributed by atoms with Crippen LogP contribution in [0.3, 0.4) is 0 Å².